The van der Waals surface area contributed by atoms with Gasteiger partial charge in [0.15, 0.2) is 0 Å². The third-order valence-corrected chi connectivity index (χ3v) is 5.68. The largest absolute Gasteiger partial charge is 0.352 e. The Bertz CT molecular complexity index is 751. The number of amides is 1. The van der Waals surface area contributed by atoms with Gasteiger partial charge in [-0.3, -0.25) is 14.7 Å². The number of pyridine rings is 1. The molecular weight excluding hydrogens is 326 g/mol. The van der Waals surface area contributed by atoms with Crippen molar-refractivity contribution >= 4 is 5.91 Å². The van der Waals surface area contributed by atoms with Gasteiger partial charge < -0.3 is 9.88 Å². The van der Waals surface area contributed by atoms with Crippen molar-refractivity contribution in [1.29, 1.82) is 0 Å². The molecule has 3 heterocycles. The fourth-order valence-electron chi connectivity index (χ4n) is 4.31. The first-order valence-electron chi connectivity index (χ1n) is 9.68. The first kappa shape index (κ1) is 17.2. The molecule has 4 rings (SSSR count). The van der Waals surface area contributed by atoms with E-state index in [1.165, 1.54) is 25.7 Å². The fourth-order valence-corrected chi connectivity index (χ4v) is 4.31. The summed E-state index contributed by atoms with van der Waals surface area (Å²) in [5, 5.41) is 2.95. The molecular formula is C20H27N5O. The number of imidazole rings is 1. The SMILES string of the molecule is C[C@@H]1c2nc(CC(=O)NCc3cccnc3)cn2CCN1C1CCCC1. The minimum atomic E-state index is 0.00426. The highest BCUT2D eigenvalue weighted by Gasteiger charge is 2.32. The Balaban J connectivity index is 1.37. The molecule has 0 radical (unpaired) electrons. The second-order valence-electron chi connectivity index (χ2n) is 7.45. The average Bonchev–Trinajstić information content (AvgIpc) is 3.31. The average molecular weight is 353 g/mol. The normalized spacial score (nSPS) is 20.9. The van der Waals surface area contributed by atoms with E-state index in [-0.39, 0.29) is 5.91 Å². The van der Waals surface area contributed by atoms with Gasteiger partial charge in [0.05, 0.1) is 18.2 Å². The van der Waals surface area contributed by atoms with Crippen molar-refractivity contribution in [3.8, 4) is 0 Å². The lowest BCUT2D eigenvalue weighted by Crippen LogP contribution is -2.42. The monoisotopic (exact) mass is 353 g/mol. The summed E-state index contributed by atoms with van der Waals surface area (Å²) in [5.74, 6) is 1.11. The topological polar surface area (TPSA) is 63.1 Å². The summed E-state index contributed by atoms with van der Waals surface area (Å²) in [5.41, 5.74) is 1.87. The summed E-state index contributed by atoms with van der Waals surface area (Å²) in [4.78, 5) is 23.7. The Labute approximate surface area is 154 Å². The number of nitrogens with zero attached hydrogens (tertiary/aromatic N) is 4. The zero-order valence-electron chi connectivity index (χ0n) is 15.4. The quantitative estimate of drug-likeness (QED) is 0.897. The van der Waals surface area contributed by atoms with Crippen molar-refractivity contribution in [2.75, 3.05) is 6.54 Å². The Morgan fingerprint density at radius 2 is 2.15 bits per heavy atom. The van der Waals surface area contributed by atoms with Crippen LogP contribution in [0.5, 0.6) is 0 Å². The number of nitrogens with one attached hydrogen (secondary N) is 1. The van der Waals surface area contributed by atoms with E-state index in [1.54, 1.807) is 12.4 Å². The van der Waals surface area contributed by atoms with Crippen LogP contribution in [0.4, 0.5) is 0 Å². The molecule has 138 valence electrons. The summed E-state index contributed by atoms with van der Waals surface area (Å²) in [7, 11) is 0. The van der Waals surface area contributed by atoms with Crippen molar-refractivity contribution in [1.82, 2.24) is 24.8 Å². The van der Waals surface area contributed by atoms with Crippen LogP contribution in [0, 0.1) is 0 Å². The molecule has 1 N–H and O–H groups in total. The summed E-state index contributed by atoms with van der Waals surface area (Å²) in [6.07, 6.45) is 11.2. The third-order valence-electron chi connectivity index (χ3n) is 5.68. The third kappa shape index (κ3) is 3.65. The smallest absolute Gasteiger partial charge is 0.226 e. The van der Waals surface area contributed by atoms with E-state index in [9.17, 15) is 4.79 Å². The minimum Gasteiger partial charge on any atom is -0.352 e. The van der Waals surface area contributed by atoms with Crippen LogP contribution in [0.15, 0.2) is 30.7 Å². The predicted molar refractivity (Wildman–Crippen MR) is 99.4 cm³/mol. The van der Waals surface area contributed by atoms with Crippen molar-refractivity contribution in [3.05, 3.63) is 47.8 Å². The number of fused-ring (bicyclic) bond motifs is 1. The molecule has 0 bridgehead atoms. The van der Waals surface area contributed by atoms with Gasteiger partial charge in [0.25, 0.3) is 0 Å². The molecule has 1 atom stereocenters. The van der Waals surface area contributed by atoms with Gasteiger partial charge in [-0.1, -0.05) is 18.9 Å². The summed E-state index contributed by atoms with van der Waals surface area (Å²) >= 11 is 0. The van der Waals surface area contributed by atoms with Crippen molar-refractivity contribution < 1.29 is 4.79 Å². The van der Waals surface area contributed by atoms with Crippen LogP contribution in [0.1, 0.15) is 55.7 Å². The van der Waals surface area contributed by atoms with Crippen LogP contribution in [0.3, 0.4) is 0 Å². The molecule has 0 aromatic carbocycles. The molecule has 2 aromatic heterocycles. The summed E-state index contributed by atoms with van der Waals surface area (Å²) in [6.45, 7) is 4.82. The van der Waals surface area contributed by atoms with Gasteiger partial charge in [-0.25, -0.2) is 4.98 Å². The van der Waals surface area contributed by atoms with Crippen LogP contribution < -0.4 is 5.32 Å². The lowest BCUT2D eigenvalue weighted by Gasteiger charge is -2.38. The molecule has 1 fully saturated rings. The number of carbonyl (C=O) groups excluding carboxylic acids is 1. The van der Waals surface area contributed by atoms with Gasteiger partial charge in [0.2, 0.25) is 5.91 Å². The first-order valence-corrected chi connectivity index (χ1v) is 9.68. The second kappa shape index (κ2) is 7.58. The molecule has 6 nitrogen and oxygen atoms in total. The Morgan fingerprint density at radius 1 is 1.31 bits per heavy atom. The molecule has 1 saturated carbocycles. The predicted octanol–water partition coefficient (Wildman–Crippen LogP) is 2.46. The van der Waals surface area contributed by atoms with E-state index in [0.717, 1.165) is 30.2 Å². The minimum absolute atomic E-state index is 0.00426. The number of hydrogen-bond donors (Lipinski definition) is 1. The molecule has 0 spiro atoms. The van der Waals surface area contributed by atoms with E-state index >= 15 is 0 Å². The van der Waals surface area contributed by atoms with Crippen LogP contribution >= 0.6 is 0 Å². The lowest BCUT2D eigenvalue weighted by atomic mass is 10.1. The van der Waals surface area contributed by atoms with Gasteiger partial charge in [-0.2, -0.15) is 0 Å². The summed E-state index contributed by atoms with van der Waals surface area (Å²) < 4.78 is 2.24. The fraction of sp³-hybridized carbons (Fsp3) is 0.550. The highest BCUT2D eigenvalue weighted by molar-refractivity contribution is 5.78. The number of hydrogen-bond acceptors (Lipinski definition) is 4. The maximum atomic E-state index is 12.3. The van der Waals surface area contributed by atoms with E-state index in [1.807, 2.05) is 12.1 Å². The second-order valence-corrected chi connectivity index (χ2v) is 7.45. The maximum absolute atomic E-state index is 12.3. The summed E-state index contributed by atoms with van der Waals surface area (Å²) in [6, 6.07) is 4.88. The van der Waals surface area contributed by atoms with Crippen LogP contribution in [0.25, 0.3) is 0 Å². The van der Waals surface area contributed by atoms with Gasteiger partial charge in [-0.15, -0.1) is 0 Å². The van der Waals surface area contributed by atoms with Gasteiger partial charge >= 0.3 is 0 Å². The first-order chi connectivity index (χ1) is 12.7. The van der Waals surface area contributed by atoms with E-state index in [4.69, 9.17) is 4.98 Å². The van der Waals surface area contributed by atoms with Gasteiger partial charge in [0.1, 0.15) is 5.82 Å². The van der Waals surface area contributed by atoms with Crippen molar-refractivity contribution in [3.63, 3.8) is 0 Å². The zero-order chi connectivity index (χ0) is 17.9. The molecule has 1 aliphatic heterocycles. The zero-order valence-corrected chi connectivity index (χ0v) is 15.4. The van der Waals surface area contributed by atoms with E-state index < -0.39 is 0 Å². The highest BCUT2D eigenvalue weighted by Crippen LogP contribution is 2.33. The van der Waals surface area contributed by atoms with Crippen LogP contribution in [0.2, 0.25) is 0 Å². The van der Waals surface area contributed by atoms with Gasteiger partial charge in [0, 0.05) is 44.3 Å². The highest BCUT2D eigenvalue weighted by atomic mass is 16.1. The van der Waals surface area contributed by atoms with Crippen molar-refractivity contribution in [2.45, 2.75) is 64.2 Å². The maximum Gasteiger partial charge on any atom is 0.226 e. The molecule has 1 amide bonds. The number of aromatic nitrogens is 3. The molecule has 2 aliphatic rings. The molecule has 2 aromatic rings. The van der Waals surface area contributed by atoms with Gasteiger partial charge in [-0.05, 0) is 31.4 Å². The van der Waals surface area contributed by atoms with Crippen LogP contribution in [-0.4, -0.2) is 37.9 Å². The molecule has 26 heavy (non-hydrogen) atoms. The van der Waals surface area contributed by atoms with Crippen LogP contribution in [-0.2, 0) is 24.3 Å². The molecule has 1 aliphatic carbocycles. The Kier molecular flexibility index (Phi) is 5.02. The number of rotatable bonds is 5. The Hall–Kier alpha value is -2.21. The molecule has 0 unspecified atom stereocenters. The Morgan fingerprint density at radius 3 is 2.92 bits per heavy atom. The van der Waals surface area contributed by atoms with Crippen molar-refractivity contribution in [2.24, 2.45) is 0 Å². The van der Waals surface area contributed by atoms with E-state index in [0.29, 0.717) is 25.0 Å². The lowest BCUT2D eigenvalue weighted by molar-refractivity contribution is -0.120. The molecule has 0 saturated heterocycles. The van der Waals surface area contributed by atoms with E-state index in [2.05, 4.69) is 32.9 Å². The number of carbonyl (C=O) groups is 1. The molecule has 6 heteroatoms. The standard InChI is InChI=1S/C20H27N5O/c1-15-20-23-17(11-19(26)22-13-16-5-4-8-21-12-16)14-24(20)9-10-25(15)18-6-2-3-7-18/h4-5,8,12,14-15,18H,2-3,6-7,9-11,13H2,1H3,(H,22,26)/t15-/m1/s1.